The first kappa shape index (κ1) is 19.5. The van der Waals surface area contributed by atoms with Crippen LogP contribution >= 0.6 is 0 Å². The van der Waals surface area contributed by atoms with Gasteiger partial charge in [-0.3, -0.25) is 14.8 Å². The molecule has 3 atom stereocenters. The van der Waals surface area contributed by atoms with Crippen LogP contribution in [0.15, 0.2) is 60.8 Å². The Labute approximate surface area is 179 Å². The number of hydrogen-bond acceptors (Lipinski definition) is 4. The van der Waals surface area contributed by atoms with Crippen LogP contribution in [0.5, 0.6) is 5.75 Å². The Morgan fingerprint density at radius 1 is 1.07 bits per heavy atom. The number of phenols is 1. The van der Waals surface area contributed by atoms with E-state index >= 15 is 0 Å². The minimum absolute atomic E-state index is 0.0896. The molecular weight excluding hydrogens is 370 g/mol. The number of hydrogen-bond donors (Lipinski definition) is 1. The van der Waals surface area contributed by atoms with Crippen LogP contribution in [0.4, 0.5) is 0 Å². The SMILES string of the molecule is C[C@H]1CN2CCN(Cc3ccnc4ccccc34)C[C@H]2C[C@@]1(C)c1cccc(O)c1. The molecule has 0 bridgehead atoms. The third-order valence-corrected chi connectivity index (χ3v) is 7.58. The summed E-state index contributed by atoms with van der Waals surface area (Å²) in [6.07, 6.45) is 3.07. The predicted octanol–water partition coefficient (Wildman–Crippen LogP) is 4.42. The summed E-state index contributed by atoms with van der Waals surface area (Å²) in [6.45, 7) is 10.2. The van der Waals surface area contributed by atoms with Gasteiger partial charge in [0.25, 0.3) is 0 Å². The van der Waals surface area contributed by atoms with Crippen molar-refractivity contribution in [3.8, 4) is 5.75 Å². The normalized spacial score (nSPS) is 27.8. The van der Waals surface area contributed by atoms with E-state index in [4.69, 9.17) is 0 Å². The van der Waals surface area contributed by atoms with Crippen molar-refractivity contribution in [3.63, 3.8) is 0 Å². The van der Waals surface area contributed by atoms with Crippen molar-refractivity contribution >= 4 is 10.9 Å². The average molecular weight is 402 g/mol. The van der Waals surface area contributed by atoms with Crippen molar-refractivity contribution in [1.29, 1.82) is 0 Å². The quantitative estimate of drug-likeness (QED) is 0.705. The van der Waals surface area contributed by atoms with Gasteiger partial charge in [0.15, 0.2) is 0 Å². The van der Waals surface area contributed by atoms with E-state index in [0.29, 0.717) is 17.7 Å². The third kappa shape index (κ3) is 3.48. The highest BCUT2D eigenvalue weighted by atomic mass is 16.3. The Morgan fingerprint density at radius 2 is 1.93 bits per heavy atom. The minimum Gasteiger partial charge on any atom is -0.508 e. The fourth-order valence-electron chi connectivity index (χ4n) is 5.58. The number of para-hydroxylation sites is 1. The third-order valence-electron chi connectivity index (χ3n) is 7.58. The number of rotatable bonds is 3. The summed E-state index contributed by atoms with van der Waals surface area (Å²) in [4.78, 5) is 9.83. The van der Waals surface area contributed by atoms with Gasteiger partial charge in [0.05, 0.1) is 5.52 Å². The topological polar surface area (TPSA) is 39.6 Å². The summed E-state index contributed by atoms with van der Waals surface area (Å²) in [5, 5.41) is 11.3. The standard InChI is InChI=1S/C26H31N3O/c1-19-16-29-13-12-28(17-20-10-11-27-25-9-4-3-8-24(20)25)18-22(29)15-26(19,2)21-6-5-7-23(30)14-21/h3-11,14,19,22,30H,12-13,15-18H2,1-2H3/t19-,22+,26+/m0/s1. The number of benzene rings is 2. The summed E-state index contributed by atoms with van der Waals surface area (Å²) >= 11 is 0. The summed E-state index contributed by atoms with van der Waals surface area (Å²) in [5.74, 6) is 0.935. The van der Waals surface area contributed by atoms with Crippen LogP contribution < -0.4 is 0 Å². The molecule has 3 heterocycles. The number of piperidine rings is 1. The van der Waals surface area contributed by atoms with Gasteiger partial charge in [-0.15, -0.1) is 0 Å². The summed E-state index contributed by atoms with van der Waals surface area (Å²) in [5.41, 5.74) is 3.81. The van der Waals surface area contributed by atoms with Crippen LogP contribution in [0, 0.1) is 5.92 Å². The van der Waals surface area contributed by atoms with E-state index in [9.17, 15) is 5.11 Å². The molecule has 4 nitrogen and oxygen atoms in total. The monoisotopic (exact) mass is 401 g/mol. The van der Waals surface area contributed by atoms with Crippen LogP contribution in [0.2, 0.25) is 0 Å². The lowest BCUT2D eigenvalue weighted by molar-refractivity contribution is -0.00547. The van der Waals surface area contributed by atoms with Gasteiger partial charge >= 0.3 is 0 Å². The first-order valence-electron chi connectivity index (χ1n) is 11.1. The molecule has 156 valence electrons. The molecule has 1 aromatic heterocycles. The average Bonchev–Trinajstić information content (AvgIpc) is 2.75. The lowest BCUT2D eigenvalue weighted by atomic mass is 9.65. The maximum Gasteiger partial charge on any atom is 0.115 e. The minimum atomic E-state index is 0.0896. The van der Waals surface area contributed by atoms with E-state index < -0.39 is 0 Å². The van der Waals surface area contributed by atoms with Gasteiger partial charge in [-0.25, -0.2) is 0 Å². The van der Waals surface area contributed by atoms with Gasteiger partial charge in [0.2, 0.25) is 0 Å². The van der Waals surface area contributed by atoms with Crippen LogP contribution in [0.1, 0.15) is 31.4 Å². The summed E-state index contributed by atoms with van der Waals surface area (Å²) in [6, 6.07) is 19.1. The lowest BCUT2D eigenvalue weighted by Gasteiger charge is -2.53. The Kier molecular flexibility index (Phi) is 5.00. The molecule has 1 N–H and O–H groups in total. The summed E-state index contributed by atoms with van der Waals surface area (Å²) in [7, 11) is 0. The second-order valence-corrected chi connectivity index (χ2v) is 9.44. The Morgan fingerprint density at radius 3 is 2.80 bits per heavy atom. The van der Waals surface area contributed by atoms with Crippen molar-refractivity contribution < 1.29 is 5.11 Å². The van der Waals surface area contributed by atoms with E-state index in [2.05, 4.69) is 65.0 Å². The second-order valence-electron chi connectivity index (χ2n) is 9.44. The highest BCUT2D eigenvalue weighted by Crippen LogP contribution is 2.43. The van der Waals surface area contributed by atoms with Crippen molar-refractivity contribution in [2.75, 3.05) is 26.2 Å². The molecule has 0 radical (unpaired) electrons. The van der Waals surface area contributed by atoms with Gasteiger partial charge in [0, 0.05) is 50.3 Å². The molecule has 0 saturated carbocycles. The van der Waals surface area contributed by atoms with Crippen LogP contribution in [0.25, 0.3) is 10.9 Å². The van der Waals surface area contributed by atoms with Crippen molar-refractivity contribution in [2.45, 2.75) is 38.3 Å². The molecule has 0 spiro atoms. The highest BCUT2D eigenvalue weighted by Gasteiger charge is 2.44. The first-order valence-corrected chi connectivity index (χ1v) is 11.1. The van der Waals surface area contributed by atoms with Crippen molar-refractivity contribution in [1.82, 2.24) is 14.8 Å². The molecule has 2 fully saturated rings. The van der Waals surface area contributed by atoms with Crippen LogP contribution in [-0.4, -0.2) is 52.1 Å². The molecule has 0 aliphatic carbocycles. The van der Waals surface area contributed by atoms with Gasteiger partial charge < -0.3 is 5.11 Å². The first-order chi connectivity index (χ1) is 14.5. The predicted molar refractivity (Wildman–Crippen MR) is 122 cm³/mol. The van der Waals surface area contributed by atoms with Gasteiger partial charge in [-0.1, -0.05) is 44.2 Å². The van der Waals surface area contributed by atoms with Crippen LogP contribution in [-0.2, 0) is 12.0 Å². The van der Waals surface area contributed by atoms with Crippen LogP contribution in [0.3, 0.4) is 0 Å². The number of fused-ring (bicyclic) bond motifs is 2. The number of aromatic hydroxyl groups is 1. The molecule has 2 saturated heterocycles. The van der Waals surface area contributed by atoms with E-state index in [1.165, 1.54) is 16.5 Å². The largest absolute Gasteiger partial charge is 0.508 e. The highest BCUT2D eigenvalue weighted by molar-refractivity contribution is 5.81. The fourth-order valence-corrected chi connectivity index (χ4v) is 5.58. The maximum atomic E-state index is 10.0. The zero-order valence-corrected chi connectivity index (χ0v) is 18.0. The number of nitrogens with zero attached hydrogens (tertiary/aromatic N) is 3. The molecule has 5 rings (SSSR count). The molecule has 4 heteroatoms. The molecule has 3 aromatic rings. The molecule has 2 aliphatic rings. The molecule has 2 aromatic carbocycles. The molecule has 30 heavy (non-hydrogen) atoms. The van der Waals surface area contributed by atoms with E-state index in [-0.39, 0.29) is 5.41 Å². The number of phenolic OH excluding ortho intramolecular Hbond substituents is 1. The van der Waals surface area contributed by atoms with Gasteiger partial charge in [0.1, 0.15) is 5.75 Å². The van der Waals surface area contributed by atoms with Gasteiger partial charge in [-0.05, 0) is 53.1 Å². The molecule has 0 unspecified atom stereocenters. The lowest BCUT2D eigenvalue weighted by Crippen LogP contribution is -2.60. The van der Waals surface area contributed by atoms with E-state index in [1.54, 1.807) is 6.07 Å². The Balaban J connectivity index is 1.36. The Bertz CT molecular complexity index is 1050. The molecule has 0 amide bonds. The van der Waals surface area contributed by atoms with E-state index in [0.717, 1.165) is 44.7 Å². The number of piperazine rings is 1. The maximum absolute atomic E-state index is 10.0. The van der Waals surface area contributed by atoms with Gasteiger partial charge in [-0.2, -0.15) is 0 Å². The Hall–Kier alpha value is -2.43. The zero-order valence-electron chi connectivity index (χ0n) is 18.0. The zero-order chi connectivity index (χ0) is 20.7. The fraction of sp³-hybridized carbons (Fsp3) is 0.423. The number of aromatic nitrogens is 1. The van der Waals surface area contributed by atoms with Crippen molar-refractivity contribution in [3.05, 3.63) is 71.9 Å². The summed E-state index contributed by atoms with van der Waals surface area (Å²) < 4.78 is 0. The second kappa shape index (κ2) is 7.68. The number of pyridine rings is 1. The van der Waals surface area contributed by atoms with Crippen molar-refractivity contribution in [2.24, 2.45) is 5.92 Å². The molecule has 2 aliphatic heterocycles. The van der Waals surface area contributed by atoms with E-state index in [1.807, 2.05) is 18.3 Å². The molecular formula is C26H31N3O. The smallest absolute Gasteiger partial charge is 0.115 e.